The molecule has 4 heteroatoms. The highest BCUT2D eigenvalue weighted by atomic mass is 16.5. The number of benzene rings is 1. The van der Waals surface area contributed by atoms with Crippen LogP contribution in [0.4, 0.5) is 0 Å². The molecule has 1 aromatic carbocycles. The Morgan fingerprint density at radius 2 is 2.21 bits per heavy atom. The third-order valence-electron chi connectivity index (χ3n) is 2.69. The van der Waals surface area contributed by atoms with E-state index in [4.69, 9.17) is 9.39 Å². The average Bonchev–Trinajstić information content (AvgIpc) is 2.77. The highest BCUT2D eigenvalue weighted by Crippen LogP contribution is 2.19. The molecule has 0 saturated heterocycles. The third-order valence-corrected chi connectivity index (χ3v) is 2.69. The van der Waals surface area contributed by atoms with Crippen molar-refractivity contribution >= 4 is 12.6 Å². The average molecular weight is 254 g/mol. The van der Waals surface area contributed by atoms with Gasteiger partial charge in [-0.3, -0.25) is 0 Å². The summed E-state index contributed by atoms with van der Waals surface area (Å²) in [5.74, 6) is 1.35. The maximum Gasteiger partial charge on any atom is 0.491 e. The van der Waals surface area contributed by atoms with E-state index in [1.54, 1.807) is 36.4 Å². The predicted molar refractivity (Wildman–Crippen MR) is 77.1 cm³/mol. The molecular formula is C15H15BO3. The summed E-state index contributed by atoms with van der Waals surface area (Å²) in [7, 11) is -0.826. The summed E-state index contributed by atoms with van der Waals surface area (Å²) >= 11 is 0. The van der Waals surface area contributed by atoms with Gasteiger partial charge in [0.2, 0.25) is 0 Å². The van der Waals surface area contributed by atoms with Gasteiger partial charge in [-0.1, -0.05) is 37.5 Å². The predicted octanol–water partition coefficient (Wildman–Crippen LogP) is 2.10. The summed E-state index contributed by atoms with van der Waals surface area (Å²) in [6.07, 6.45) is 8.68. The van der Waals surface area contributed by atoms with Gasteiger partial charge in [-0.25, -0.2) is 0 Å². The van der Waals surface area contributed by atoms with Gasteiger partial charge in [0.25, 0.3) is 0 Å². The molecule has 1 aliphatic rings. The minimum Gasteiger partial charge on any atom is -0.457 e. The van der Waals surface area contributed by atoms with Crippen LogP contribution < -0.4 is 10.2 Å². The number of hydrogen-bond acceptors (Lipinski definition) is 3. The standard InChI is InChI=1S/C15H15BO3/c1-3-5-7-13(6-4-2)19-14-8-9-15-12(10-14)11-18-16(15)17/h3-10,17H,1-2,11H2/b7-5-,13-6+. The Bertz CT molecular complexity index is 546. The van der Waals surface area contributed by atoms with Crippen LogP contribution in [0.15, 0.2) is 67.5 Å². The zero-order valence-electron chi connectivity index (χ0n) is 10.6. The van der Waals surface area contributed by atoms with Crippen LogP contribution in [0.1, 0.15) is 5.56 Å². The molecule has 0 atom stereocenters. The number of ether oxygens (including phenoxy) is 1. The summed E-state index contributed by atoms with van der Waals surface area (Å²) in [5, 5.41) is 9.54. The van der Waals surface area contributed by atoms with Gasteiger partial charge in [0.1, 0.15) is 11.5 Å². The fraction of sp³-hybridized carbons (Fsp3) is 0.0667. The molecule has 0 radical (unpaired) electrons. The first-order valence-corrected chi connectivity index (χ1v) is 5.96. The molecule has 0 amide bonds. The Morgan fingerprint density at radius 3 is 2.95 bits per heavy atom. The van der Waals surface area contributed by atoms with Crippen molar-refractivity contribution in [2.24, 2.45) is 0 Å². The maximum absolute atomic E-state index is 9.54. The van der Waals surface area contributed by atoms with Crippen LogP contribution in [0, 0.1) is 0 Å². The quantitative estimate of drug-likeness (QED) is 0.496. The van der Waals surface area contributed by atoms with Gasteiger partial charge < -0.3 is 14.4 Å². The van der Waals surface area contributed by atoms with E-state index in [0.717, 1.165) is 11.0 Å². The zero-order chi connectivity index (χ0) is 13.7. The van der Waals surface area contributed by atoms with E-state index in [2.05, 4.69) is 13.2 Å². The van der Waals surface area contributed by atoms with E-state index >= 15 is 0 Å². The largest absolute Gasteiger partial charge is 0.491 e. The van der Waals surface area contributed by atoms with Crippen LogP contribution in [-0.2, 0) is 11.3 Å². The molecule has 0 aliphatic carbocycles. The SMILES string of the molecule is C=C/C=C\C(=C/C=C)Oc1ccc2c(c1)COB2O. The number of hydrogen-bond donors (Lipinski definition) is 1. The van der Waals surface area contributed by atoms with E-state index in [-0.39, 0.29) is 0 Å². The Morgan fingerprint density at radius 1 is 1.37 bits per heavy atom. The summed E-state index contributed by atoms with van der Waals surface area (Å²) in [6.45, 7) is 7.66. The maximum atomic E-state index is 9.54. The van der Waals surface area contributed by atoms with Gasteiger partial charge in [-0.15, -0.1) is 0 Å². The van der Waals surface area contributed by atoms with Crippen molar-refractivity contribution in [2.45, 2.75) is 6.61 Å². The lowest BCUT2D eigenvalue weighted by Crippen LogP contribution is -2.27. The number of allylic oxidation sites excluding steroid dienone is 5. The monoisotopic (exact) mass is 254 g/mol. The van der Waals surface area contributed by atoms with Crippen molar-refractivity contribution in [1.29, 1.82) is 0 Å². The van der Waals surface area contributed by atoms with Gasteiger partial charge in [0.15, 0.2) is 0 Å². The van der Waals surface area contributed by atoms with Gasteiger partial charge in [-0.05, 0) is 35.3 Å². The van der Waals surface area contributed by atoms with E-state index in [1.165, 1.54) is 0 Å². The van der Waals surface area contributed by atoms with E-state index in [9.17, 15) is 5.02 Å². The summed E-state index contributed by atoms with van der Waals surface area (Å²) in [5.41, 5.74) is 1.74. The second kappa shape index (κ2) is 6.23. The van der Waals surface area contributed by atoms with Crippen molar-refractivity contribution in [3.8, 4) is 5.75 Å². The van der Waals surface area contributed by atoms with E-state index in [1.807, 2.05) is 12.1 Å². The minimum absolute atomic E-state index is 0.400. The van der Waals surface area contributed by atoms with Crippen molar-refractivity contribution in [3.05, 3.63) is 73.1 Å². The lowest BCUT2D eigenvalue weighted by atomic mass is 9.80. The first-order valence-electron chi connectivity index (χ1n) is 5.96. The first kappa shape index (κ1) is 13.4. The first-order chi connectivity index (χ1) is 9.24. The summed E-state index contributed by atoms with van der Waals surface area (Å²) < 4.78 is 10.9. The fourth-order valence-electron chi connectivity index (χ4n) is 1.81. The normalized spacial score (nSPS) is 14.6. The molecule has 0 bridgehead atoms. The molecule has 1 aliphatic heterocycles. The molecule has 1 N–H and O–H groups in total. The van der Waals surface area contributed by atoms with Gasteiger partial charge in [-0.2, -0.15) is 0 Å². The molecule has 1 aromatic rings. The van der Waals surface area contributed by atoms with Crippen molar-refractivity contribution in [2.75, 3.05) is 0 Å². The molecule has 0 spiro atoms. The minimum atomic E-state index is -0.826. The molecule has 0 saturated carbocycles. The van der Waals surface area contributed by atoms with Crippen molar-refractivity contribution in [3.63, 3.8) is 0 Å². The van der Waals surface area contributed by atoms with Crippen molar-refractivity contribution < 1.29 is 14.4 Å². The molecule has 0 unspecified atom stereocenters. The summed E-state index contributed by atoms with van der Waals surface area (Å²) in [4.78, 5) is 0. The fourth-order valence-corrected chi connectivity index (χ4v) is 1.81. The number of rotatable bonds is 5. The lowest BCUT2D eigenvalue weighted by molar-refractivity contribution is 0.275. The zero-order valence-corrected chi connectivity index (χ0v) is 10.6. The van der Waals surface area contributed by atoms with Gasteiger partial charge >= 0.3 is 7.12 Å². The molecular weight excluding hydrogens is 239 g/mol. The smallest absolute Gasteiger partial charge is 0.457 e. The molecule has 19 heavy (non-hydrogen) atoms. The molecule has 2 rings (SSSR count). The third kappa shape index (κ3) is 3.25. The highest BCUT2D eigenvalue weighted by Gasteiger charge is 2.27. The van der Waals surface area contributed by atoms with Crippen LogP contribution in [0.3, 0.4) is 0 Å². The van der Waals surface area contributed by atoms with Crippen LogP contribution in [-0.4, -0.2) is 12.1 Å². The lowest BCUT2D eigenvalue weighted by Gasteiger charge is -2.07. The Labute approximate surface area is 113 Å². The Kier molecular flexibility index (Phi) is 4.39. The molecule has 96 valence electrons. The number of fused-ring (bicyclic) bond motifs is 1. The van der Waals surface area contributed by atoms with Gasteiger partial charge in [0.05, 0.1) is 6.61 Å². The second-order valence-electron chi connectivity index (χ2n) is 4.03. The topological polar surface area (TPSA) is 38.7 Å². The van der Waals surface area contributed by atoms with Crippen molar-refractivity contribution in [1.82, 2.24) is 0 Å². The van der Waals surface area contributed by atoms with Crippen LogP contribution >= 0.6 is 0 Å². The molecule has 0 fully saturated rings. The van der Waals surface area contributed by atoms with Gasteiger partial charge in [0, 0.05) is 0 Å². The van der Waals surface area contributed by atoms with Crippen LogP contribution in [0.2, 0.25) is 0 Å². The summed E-state index contributed by atoms with van der Waals surface area (Å²) in [6, 6.07) is 5.48. The van der Waals surface area contributed by atoms with E-state index in [0.29, 0.717) is 18.1 Å². The molecule has 3 nitrogen and oxygen atoms in total. The molecule has 0 aromatic heterocycles. The van der Waals surface area contributed by atoms with E-state index < -0.39 is 7.12 Å². The molecule has 1 heterocycles. The van der Waals surface area contributed by atoms with Crippen LogP contribution in [0.25, 0.3) is 0 Å². The van der Waals surface area contributed by atoms with Crippen LogP contribution in [0.5, 0.6) is 5.75 Å². The highest BCUT2D eigenvalue weighted by molar-refractivity contribution is 6.61. The second-order valence-corrected chi connectivity index (χ2v) is 4.03. The Balaban J connectivity index is 2.19. The Hall–Kier alpha value is -2.04.